The highest BCUT2D eigenvalue weighted by molar-refractivity contribution is 6.31. The lowest BCUT2D eigenvalue weighted by Gasteiger charge is -2.44. The molecule has 30 heavy (non-hydrogen) atoms. The van der Waals surface area contributed by atoms with Gasteiger partial charge < -0.3 is 5.73 Å². The third kappa shape index (κ3) is 3.28. The van der Waals surface area contributed by atoms with E-state index < -0.39 is 5.92 Å². The number of carbonyl (C=O) groups is 1. The summed E-state index contributed by atoms with van der Waals surface area (Å²) in [7, 11) is 3.72. The van der Waals surface area contributed by atoms with Crippen molar-refractivity contribution in [1.82, 2.24) is 10.0 Å². The summed E-state index contributed by atoms with van der Waals surface area (Å²) in [5, 5.41) is 14.1. The summed E-state index contributed by atoms with van der Waals surface area (Å²) in [5.41, 5.74) is 10.2. The van der Waals surface area contributed by atoms with Crippen LogP contribution >= 0.6 is 11.6 Å². The molecular formula is C24H23ClN4O. The predicted molar refractivity (Wildman–Crippen MR) is 117 cm³/mol. The van der Waals surface area contributed by atoms with E-state index in [1.807, 2.05) is 55.5 Å². The molecule has 1 aliphatic carbocycles. The predicted octanol–water partition coefficient (Wildman–Crippen LogP) is 4.31. The lowest BCUT2D eigenvalue weighted by atomic mass is 9.72. The van der Waals surface area contributed by atoms with E-state index >= 15 is 0 Å². The fourth-order valence-corrected chi connectivity index (χ4v) is 4.79. The highest BCUT2D eigenvalue weighted by Gasteiger charge is 2.43. The van der Waals surface area contributed by atoms with Crippen LogP contribution in [0.1, 0.15) is 35.8 Å². The number of hydrazine groups is 1. The number of allylic oxidation sites excluding steroid dienone is 3. The molecule has 0 saturated heterocycles. The molecule has 0 unspecified atom stereocenters. The van der Waals surface area contributed by atoms with Gasteiger partial charge in [-0.05, 0) is 29.5 Å². The van der Waals surface area contributed by atoms with Crippen molar-refractivity contribution < 1.29 is 4.79 Å². The molecule has 4 rings (SSSR count). The fraction of sp³-hybridized carbons (Fsp3) is 0.250. The lowest BCUT2D eigenvalue weighted by Crippen LogP contribution is -2.46. The Labute approximate surface area is 181 Å². The minimum atomic E-state index is -0.556. The Bertz CT molecular complexity index is 1100. The van der Waals surface area contributed by atoms with Gasteiger partial charge in [-0.1, -0.05) is 60.1 Å². The van der Waals surface area contributed by atoms with Crippen molar-refractivity contribution in [3.8, 4) is 6.07 Å². The van der Waals surface area contributed by atoms with Crippen LogP contribution in [0.4, 0.5) is 0 Å². The Hall–Kier alpha value is -3.07. The minimum Gasteiger partial charge on any atom is -0.383 e. The van der Waals surface area contributed by atoms with Crippen molar-refractivity contribution in [3.05, 3.63) is 93.4 Å². The van der Waals surface area contributed by atoms with Crippen LogP contribution in [0.15, 0.2) is 77.3 Å². The average Bonchev–Trinajstić information content (AvgIpc) is 2.73. The number of benzene rings is 2. The number of halogens is 1. The van der Waals surface area contributed by atoms with E-state index in [0.717, 1.165) is 16.8 Å². The minimum absolute atomic E-state index is 0.0297. The first-order chi connectivity index (χ1) is 14.4. The molecule has 2 aromatic rings. The monoisotopic (exact) mass is 418 g/mol. The highest BCUT2D eigenvalue weighted by Crippen LogP contribution is 2.49. The molecule has 6 heteroatoms. The number of rotatable bonds is 3. The van der Waals surface area contributed by atoms with Crippen LogP contribution in [0.2, 0.25) is 5.02 Å². The van der Waals surface area contributed by atoms with Crippen LogP contribution in [-0.4, -0.2) is 29.9 Å². The van der Waals surface area contributed by atoms with Gasteiger partial charge in [0.1, 0.15) is 5.82 Å². The van der Waals surface area contributed by atoms with Crippen molar-refractivity contribution in [2.24, 2.45) is 5.73 Å². The average molecular weight is 419 g/mol. The van der Waals surface area contributed by atoms with Gasteiger partial charge in [-0.3, -0.25) is 9.80 Å². The summed E-state index contributed by atoms with van der Waals surface area (Å²) in [4.78, 5) is 13.5. The zero-order valence-corrected chi connectivity index (χ0v) is 17.7. The molecule has 1 heterocycles. The Morgan fingerprint density at radius 2 is 1.77 bits per heavy atom. The first kappa shape index (κ1) is 20.2. The van der Waals surface area contributed by atoms with Gasteiger partial charge in [0.15, 0.2) is 5.78 Å². The summed E-state index contributed by atoms with van der Waals surface area (Å²) < 4.78 is 0. The van der Waals surface area contributed by atoms with Crippen LogP contribution in [0.5, 0.6) is 0 Å². The van der Waals surface area contributed by atoms with E-state index in [9.17, 15) is 10.1 Å². The molecule has 0 radical (unpaired) electrons. The van der Waals surface area contributed by atoms with Gasteiger partial charge in [-0.25, -0.2) is 5.01 Å². The lowest BCUT2D eigenvalue weighted by molar-refractivity contribution is -0.117. The molecule has 2 atom stereocenters. The van der Waals surface area contributed by atoms with E-state index in [0.29, 0.717) is 34.8 Å². The SMILES string of the molecule is CN(C)N1C(N)=C(C#N)[C@H](c2ccccc2Cl)C2=C1C[C@H](c1ccccc1)CC2=O. The second-order valence-corrected chi connectivity index (χ2v) is 8.23. The van der Waals surface area contributed by atoms with Gasteiger partial charge in [0.2, 0.25) is 0 Å². The van der Waals surface area contributed by atoms with Gasteiger partial charge in [0.25, 0.3) is 0 Å². The molecule has 0 fully saturated rings. The Morgan fingerprint density at radius 1 is 1.10 bits per heavy atom. The van der Waals surface area contributed by atoms with E-state index in [4.69, 9.17) is 17.3 Å². The molecule has 0 amide bonds. The summed E-state index contributed by atoms with van der Waals surface area (Å²) in [6, 6.07) is 19.7. The summed E-state index contributed by atoms with van der Waals surface area (Å²) >= 11 is 6.50. The first-order valence-electron chi connectivity index (χ1n) is 9.86. The number of carbonyl (C=O) groups excluding carboxylic acids is 1. The first-order valence-corrected chi connectivity index (χ1v) is 10.2. The maximum atomic E-state index is 13.5. The molecule has 2 N–H and O–H groups in total. The van der Waals surface area contributed by atoms with Crippen molar-refractivity contribution >= 4 is 17.4 Å². The standard InChI is InChI=1S/C24H23ClN4O/c1-28(2)29-20-12-16(15-8-4-3-5-9-15)13-21(30)23(20)22(18(14-26)24(29)27)17-10-6-7-11-19(17)25/h3-11,16,22H,12-13,27H2,1-2H3/t16-,22-/m0/s1. The third-order valence-corrected chi connectivity index (χ3v) is 6.17. The molecular weight excluding hydrogens is 396 g/mol. The number of nitriles is 1. The van der Waals surface area contributed by atoms with Gasteiger partial charge >= 0.3 is 0 Å². The van der Waals surface area contributed by atoms with Crippen molar-refractivity contribution in [2.45, 2.75) is 24.7 Å². The van der Waals surface area contributed by atoms with Crippen LogP contribution < -0.4 is 5.73 Å². The molecule has 2 aliphatic rings. The number of ketones is 1. The number of nitrogens with two attached hydrogens (primary N) is 1. The second-order valence-electron chi connectivity index (χ2n) is 7.82. The molecule has 2 aromatic carbocycles. The summed E-state index contributed by atoms with van der Waals surface area (Å²) in [6.07, 6.45) is 1.05. The zero-order valence-electron chi connectivity index (χ0n) is 17.0. The highest BCUT2D eigenvalue weighted by atomic mass is 35.5. The van der Waals surface area contributed by atoms with Crippen LogP contribution in [0.25, 0.3) is 0 Å². The van der Waals surface area contributed by atoms with Gasteiger partial charge in [0.05, 0.1) is 17.6 Å². The largest absolute Gasteiger partial charge is 0.383 e. The molecule has 0 aromatic heterocycles. The van der Waals surface area contributed by atoms with Crippen molar-refractivity contribution in [3.63, 3.8) is 0 Å². The van der Waals surface area contributed by atoms with E-state index in [1.165, 1.54) is 0 Å². The van der Waals surface area contributed by atoms with E-state index in [2.05, 4.69) is 18.2 Å². The van der Waals surface area contributed by atoms with E-state index in [-0.39, 0.29) is 11.7 Å². The number of nitrogens with zero attached hydrogens (tertiary/aromatic N) is 3. The smallest absolute Gasteiger partial charge is 0.162 e. The molecule has 1 aliphatic heterocycles. The van der Waals surface area contributed by atoms with Crippen LogP contribution in [0.3, 0.4) is 0 Å². The molecule has 5 nitrogen and oxygen atoms in total. The van der Waals surface area contributed by atoms with Gasteiger partial charge in [0, 0.05) is 36.8 Å². The van der Waals surface area contributed by atoms with Gasteiger partial charge in [-0.15, -0.1) is 0 Å². The third-order valence-electron chi connectivity index (χ3n) is 5.83. The Balaban J connectivity index is 1.92. The van der Waals surface area contributed by atoms with Gasteiger partial charge in [-0.2, -0.15) is 5.26 Å². The zero-order chi connectivity index (χ0) is 21.4. The maximum Gasteiger partial charge on any atom is 0.162 e. The number of hydrogen-bond acceptors (Lipinski definition) is 5. The van der Waals surface area contributed by atoms with Crippen LogP contribution in [-0.2, 0) is 4.79 Å². The Kier molecular flexibility index (Phi) is 5.38. The van der Waals surface area contributed by atoms with Crippen molar-refractivity contribution in [2.75, 3.05) is 14.1 Å². The van der Waals surface area contributed by atoms with Crippen molar-refractivity contribution in [1.29, 1.82) is 5.26 Å². The quantitative estimate of drug-likeness (QED) is 0.803. The molecule has 152 valence electrons. The number of hydrogen-bond donors (Lipinski definition) is 1. The molecule has 0 saturated carbocycles. The normalized spacial score (nSPS) is 21.7. The molecule has 0 spiro atoms. The maximum absolute atomic E-state index is 13.5. The van der Waals surface area contributed by atoms with E-state index in [1.54, 1.807) is 11.1 Å². The Morgan fingerprint density at radius 3 is 2.40 bits per heavy atom. The number of Topliss-reactive ketones (excluding diaryl/α,β-unsaturated/α-hetero) is 1. The second kappa shape index (κ2) is 7.98. The van der Waals surface area contributed by atoms with Crippen LogP contribution in [0, 0.1) is 11.3 Å². The fourth-order valence-electron chi connectivity index (χ4n) is 4.55. The molecule has 0 bridgehead atoms. The summed E-state index contributed by atoms with van der Waals surface area (Å²) in [6.45, 7) is 0. The topological polar surface area (TPSA) is 73.4 Å². The summed E-state index contributed by atoms with van der Waals surface area (Å²) in [5.74, 6) is -0.128.